The van der Waals surface area contributed by atoms with Gasteiger partial charge >= 0.3 is 0 Å². The fourth-order valence-corrected chi connectivity index (χ4v) is 3.23. The maximum Gasteiger partial charge on any atom is 0.224 e. The molecule has 1 heterocycles. The Balaban J connectivity index is 1.48. The number of rotatable bonds is 4. The van der Waals surface area contributed by atoms with Crippen LogP contribution in [0.1, 0.15) is 36.8 Å². The molecule has 3 rings (SSSR count). The predicted octanol–water partition coefficient (Wildman–Crippen LogP) is 1.91. The van der Waals surface area contributed by atoms with Gasteiger partial charge in [0.15, 0.2) is 5.96 Å². The lowest BCUT2D eigenvalue weighted by molar-refractivity contribution is -0.129. The van der Waals surface area contributed by atoms with Crippen molar-refractivity contribution in [1.82, 2.24) is 4.90 Å². The third kappa shape index (κ3) is 3.59. The monoisotopic (exact) mass is 300 g/mol. The molecule has 5 heteroatoms. The summed E-state index contributed by atoms with van der Waals surface area (Å²) in [4.78, 5) is 18.1. The number of amides is 1. The number of anilines is 1. The van der Waals surface area contributed by atoms with Crippen LogP contribution in [0.15, 0.2) is 23.2 Å². The molecule has 3 N–H and O–H groups in total. The minimum atomic E-state index is 0.187. The highest BCUT2D eigenvalue weighted by molar-refractivity contribution is 5.92. The molecular formula is C17H24N4O. The Hall–Kier alpha value is -2.04. The lowest BCUT2D eigenvalue weighted by atomic mass is 10.1. The molecule has 1 saturated heterocycles. The first-order valence-electron chi connectivity index (χ1n) is 8.19. The minimum absolute atomic E-state index is 0.187. The van der Waals surface area contributed by atoms with E-state index in [-0.39, 0.29) is 5.91 Å². The standard InChI is InChI=1S/C17H24N4O/c18-17(19-9-8-16(22)21-10-1-2-11-21)20-15-7-6-13-4-3-5-14(13)12-15/h6-7,12H,1-5,8-11H2,(H3,18,19,20). The normalized spacial score (nSPS) is 17.6. The van der Waals surface area contributed by atoms with Gasteiger partial charge in [-0.05, 0) is 55.4 Å². The van der Waals surface area contributed by atoms with Crippen LogP contribution in [0.5, 0.6) is 0 Å². The van der Waals surface area contributed by atoms with Crippen LogP contribution in [0, 0.1) is 0 Å². The van der Waals surface area contributed by atoms with E-state index in [0.717, 1.165) is 38.0 Å². The average Bonchev–Trinajstić information content (AvgIpc) is 3.18. The van der Waals surface area contributed by atoms with E-state index in [1.54, 1.807) is 0 Å². The topological polar surface area (TPSA) is 70.7 Å². The van der Waals surface area contributed by atoms with E-state index in [2.05, 4.69) is 22.4 Å². The molecular weight excluding hydrogens is 276 g/mol. The van der Waals surface area contributed by atoms with Crippen LogP contribution >= 0.6 is 0 Å². The summed E-state index contributed by atoms with van der Waals surface area (Å²) in [6.45, 7) is 2.23. The highest BCUT2D eigenvalue weighted by atomic mass is 16.2. The third-order valence-corrected chi connectivity index (χ3v) is 4.44. The van der Waals surface area contributed by atoms with E-state index in [1.165, 1.54) is 24.0 Å². The molecule has 0 unspecified atom stereocenters. The molecule has 0 aromatic heterocycles. The third-order valence-electron chi connectivity index (χ3n) is 4.44. The molecule has 0 bridgehead atoms. The first-order chi connectivity index (χ1) is 10.7. The number of hydrogen-bond donors (Lipinski definition) is 2. The van der Waals surface area contributed by atoms with Gasteiger partial charge in [-0.25, -0.2) is 0 Å². The van der Waals surface area contributed by atoms with Gasteiger partial charge in [-0.15, -0.1) is 0 Å². The number of hydrogen-bond acceptors (Lipinski definition) is 2. The summed E-state index contributed by atoms with van der Waals surface area (Å²) in [5.41, 5.74) is 9.73. The molecule has 1 aliphatic heterocycles. The van der Waals surface area contributed by atoms with Crippen molar-refractivity contribution in [3.8, 4) is 0 Å². The largest absolute Gasteiger partial charge is 0.370 e. The molecule has 0 spiro atoms. The molecule has 1 aromatic rings. The molecule has 0 saturated carbocycles. The molecule has 0 radical (unpaired) electrons. The van der Waals surface area contributed by atoms with Crippen LogP contribution in [0.25, 0.3) is 0 Å². The van der Waals surface area contributed by atoms with Gasteiger partial charge in [0, 0.05) is 25.2 Å². The number of aliphatic imine (C=N–C) groups is 1. The summed E-state index contributed by atoms with van der Waals surface area (Å²) in [5.74, 6) is 0.568. The van der Waals surface area contributed by atoms with Crippen LogP contribution in [-0.4, -0.2) is 36.4 Å². The molecule has 5 nitrogen and oxygen atoms in total. The van der Waals surface area contributed by atoms with E-state index in [1.807, 2.05) is 11.0 Å². The highest BCUT2D eigenvalue weighted by Crippen LogP contribution is 2.24. The second kappa shape index (κ2) is 6.81. The van der Waals surface area contributed by atoms with Crippen molar-refractivity contribution in [3.63, 3.8) is 0 Å². The second-order valence-corrected chi connectivity index (χ2v) is 6.07. The quantitative estimate of drug-likeness (QED) is 0.659. The molecule has 1 amide bonds. The van der Waals surface area contributed by atoms with Gasteiger partial charge in [-0.1, -0.05) is 6.07 Å². The van der Waals surface area contributed by atoms with Crippen LogP contribution in [0.4, 0.5) is 5.69 Å². The van der Waals surface area contributed by atoms with E-state index in [9.17, 15) is 4.79 Å². The fourth-order valence-electron chi connectivity index (χ4n) is 3.23. The predicted molar refractivity (Wildman–Crippen MR) is 89.0 cm³/mol. The van der Waals surface area contributed by atoms with Gasteiger partial charge in [0.25, 0.3) is 0 Å². The summed E-state index contributed by atoms with van der Waals surface area (Å²) in [6, 6.07) is 6.36. The van der Waals surface area contributed by atoms with Crippen molar-refractivity contribution in [2.45, 2.75) is 38.5 Å². The number of nitrogens with one attached hydrogen (secondary N) is 1. The Kier molecular flexibility index (Phi) is 4.61. The molecule has 2 aliphatic rings. The van der Waals surface area contributed by atoms with Gasteiger partial charge in [-0.3, -0.25) is 9.79 Å². The maximum atomic E-state index is 11.9. The Morgan fingerprint density at radius 1 is 1.18 bits per heavy atom. The van der Waals surface area contributed by atoms with Crippen LogP contribution in [0.2, 0.25) is 0 Å². The van der Waals surface area contributed by atoms with E-state index in [4.69, 9.17) is 5.73 Å². The summed E-state index contributed by atoms with van der Waals surface area (Å²) in [6.07, 6.45) is 6.24. The number of carbonyl (C=O) groups excluding carboxylic acids is 1. The van der Waals surface area contributed by atoms with Gasteiger partial charge in [-0.2, -0.15) is 0 Å². The Labute approximate surface area is 131 Å². The van der Waals surface area contributed by atoms with Crippen molar-refractivity contribution >= 4 is 17.6 Å². The summed E-state index contributed by atoms with van der Waals surface area (Å²) in [5, 5.41) is 3.12. The van der Waals surface area contributed by atoms with Gasteiger partial charge in [0.1, 0.15) is 0 Å². The van der Waals surface area contributed by atoms with Crippen LogP contribution in [-0.2, 0) is 17.6 Å². The van der Waals surface area contributed by atoms with Crippen molar-refractivity contribution in [1.29, 1.82) is 0 Å². The van der Waals surface area contributed by atoms with Gasteiger partial charge in [0.05, 0.1) is 6.54 Å². The fraction of sp³-hybridized carbons (Fsp3) is 0.529. The molecule has 0 atom stereocenters. The molecule has 118 valence electrons. The number of nitrogens with two attached hydrogens (primary N) is 1. The zero-order valence-corrected chi connectivity index (χ0v) is 13.0. The number of fused-ring (bicyclic) bond motifs is 1. The first kappa shape index (κ1) is 14.9. The maximum absolute atomic E-state index is 11.9. The average molecular weight is 300 g/mol. The van der Waals surface area contributed by atoms with E-state index in [0.29, 0.717) is 18.9 Å². The highest BCUT2D eigenvalue weighted by Gasteiger charge is 2.17. The zero-order valence-electron chi connectivity index (χ0n) is 13.0. The van der Waals surface area contributed by atoms with E-state index < -0.39 is 0 Å². The molecule has 1 fully saturated rings. The number of aryl methyl sites for hydroxylation is 2. The minimum Gasteiger partial charge on any atom is -0.370 e. The van der Waals surface area contributed by atoms with Crippen molar-refractivity contribution in [2.75, 3.05) is 25.0 Å². The summed E-state index contributed by atoms with van der Waals surface area (Å²) in [7, 11) is 0. The molecule has 1 aliphatic carbocycles. The Morgan fingerprint density at radius 3 is 2.77 bits per heavy atom. The van der Waals surface area contributed by atoms with Gasteiger partial charge in [0.2, 0.25) is 5.91 Å². The number of guanidine groups is 1. The molecule has 22 heavy (non-hydrogen) atoms. The van der Waals surface area contributed by atoms with Crippen molar-refractivity contribution in [3.05, 3.63) is 29.3 Å². The first-order valence-corrected chi connectivity index (χ1v) is 8.19. The van der Waals surface area contributed by atoms with Crippen LogP contribution < -0.4 is 11.1 Å². The SMILES string of the molecule is NC(=NCCC(=O)N1CCCC1)Nc1ccc2c(c1)CCC2. The Bertz CT molecular complexity index is 576. The Morgan fingerprint density at radius 2 is 1.95 bits per heavy atom. The van der Waals surface area contributed by atoms with Gasteiger partial charge < -0.3 is 16.0 Å². The number of benzene rings is 1. The summed E-state index contributed by atoms with van der Waals surface area (Å²) < 4.78 is 0. The smallest absolute Gasteiger partial charge is 0.224 e. The number of nitrogens with zero attached hydrogens (tertiary/aromatic N) is 2. The van der Waals surface area contributed by atoms with Crippen LogP contribution in [0.3, 0.4) is 0 Å². The number of carbonyl (C=O) groups is 1. The zero-order chi connectivity index (χ0) is 15.4. The number of likely N-dealkylation sites (tertiary alicyclic amines) is 1. The second-order valence-electron chi connectivity index (χ2n) is 6.07. The lowest BCUT2D eigenvalue weighted by Gasteiger charge is -2.14. The summed E-state index contributed by atoms with van der Waals surface area (Å²) >= 11 is 0. The lowest BCUT2D eigenvalue weighted by Crippen LogP contribution is -2.28. The van der Waals surface area contributed by atoms with Crippen molar-refractivity contribution < 1.29 is 4.79 Å². The molecule has 1 aromatic carbocycles. The van der Waals surface area contributed by atoms with E-state index >= 15 is 0 Å². The van der Waals surface area contributed by atoms with Crippen molar-refractivity contribution in [2.24, 2.45) is 10.7 Å².